The Morgan fingerprint density at radius 1 is 1.04 bits per heavy atom. The Kier molecular flexibility index (Phi) is 5.35. The molecule has 0 bridgehead atoms. The summed E-state index contributed by atoms with van der Waals surface area (Å²) < 4.78 is 5.24. The quantitative estimate of drug-likeness (QED) is 0.750. The highest BCUT2D eigenvalue weighted by atomic mass is 16.5. The van der Waals surface area contributed by atoms with E-state index in [1.807, 2.05) is 61.5 Å². The first-order valence-electron chi connectivity index (χ1n) is 8.59. The maximum absolute atomic E-state index is 12.9. The van der Waals surface area contributed by atoms with Gasteiger partial charge in [0, 0.05) is 18.3 Å². The summed E-state index contributed by atoms with van der Waals surface area (Å²) in [7, 11) is 1.58. The molecular weight excluding hydrogens is 342 g/mol. The number of hydrogen-bond donors (Lipinski definition) is 1. The Morgan fingerprint density at radius 3 is 2.37 bits per heavy atom. The van der Waals surface area contributed by atoms with E-state index in [9.17, 15) is 9.59 Å². The van der Waals surface area contributed by atoms with Gasteiger partial charge < -0.3 is 14.7 Å². The average Bonchev–Trinajstić information content (AvgIpc) is 3.05. The average molecular weight is 363 g/mol. The van der Waals surface area contributed by atoms with Gasteiger partial charge in [-0.3, -0.25) is 9.59 Å². The number of benzene rings is 2. The minimum Gasteiger partial charge on any atom is -0.360 e. The highest BCUT2D eigenvalue weighted by molar-refractivity contribution is 6.03. The van der Waals surface area contributed by atoms with Crippen molar-refractivity contribution in [1.82, 2.24) is 10.1 Å². The molecule has 138 valence electrons. The van der Waals surface area contributed by atoms with E-state index in [1.165, 1.54) is 4.90 Å². The Hall–Kier alpha value is -3.41. The van der Waals surface area contributed by atoms with Crippen molar-refractivity contribution < 1.29 is 14.1 Å². The molecule has 3 rings (SSSR count). The molecule has 0 radical (unpaired) electrons. The summed E-state index contributed by atoms with van der Waals surface area (Å²) in [6.07, 6.45) is 0. The van der Waals surface area contributed by atoms with Gasteiger partial charge in [0.15, 0.2) is 0 Å². The van der Waals surface area contributed by atoms with Crippen molar-refractivity contribution in [2.75, 3.05) is 18.9 Å². The molecule has 0 atom stereocenters. The van der Waals surface area contributed by atoms with Crippen molar-refractivity contribution in [2.45, 2.75) is 13.8 Å². The number of likely N-dealkylation sites (N-methyl/N-ethyl adjacent to an activating group) is 1. The fourth-order valence-electron chi connectivity index (χ4n) is 2.73. The minimum atomic E-state index is -0.313. The SMILES string of the molecule is Cc1ccc(NC(=O)CN(C)C(=O)c2c(-c3ccccc3)noc2C)cc1. The van der Waals surface area contributed by atoms with Crippen molar-refractivity contribution in [3.05, 3.63) is 71.5 Å². The molecule has 6 heteroatoms. The zero-order valence-corrected chi connectivity index (χ0v) is 15.5. The van der Waals surface area contributed by atoms with E-state index in [4.69, 9.17) is 4.52 Å². The number of hydrogen-bond acceptors (Lipinski definition) is 4. The summed E-state index contributed by atoms with van der Waals surface area (Å²) in [5.41, 5.74) is 3.43. The summed E-state index contributed by atoms with van der Waals surface area (Å²) in [5, 5.41) is 6.81. The van der Waals surface area contributed by atoms with Gasteiger partial charge in [0.2, 0.25) is 5.91 Å². The number of nitrogens with one attached hydrogen (secondary N) is 1. The molecule has 0 saturated carbocycles. The number of anilines is 1. The highest BCUT2D eigenvalue weighted by Gasteiger charge is 2.25. The lowest BCUT2D eigenvalue weighted by Gasteiger charge is -2.17. The van der Waals surface area contributed by atoms with Crippen LogP contribution in [-0.2, 0) is 4.79 Å². The van der Waals surface area contributed by atoms with Crippen molar-refractivity contribution >= 4 is 17.5 Å². The second-order valence-corrected chi connectivity index (χ2v) is 6.40. The molecule has 2 amide bonds. The van der Waals surface area contributed by atoms with Crippen LogP contribution in [0.25, 0.3) is 11.3 Å². The van der Waals surface area contributed by atoms with Crippen molar-refractivity contribution in [1.29, 1.82) is 0 Å². The van der Waals surface area contributed by atoms with Crippen LogP contribution >= 0.6 is 0 Å². The van der Waals surface area contributed by atoms with Crippen LogP contribution in [0.1, 0.15) is 21.7 Å². The van der Waals surface area contributed by atoms with Gasteiger partial charge in [-0.25, -0.2) is 0 Å². The Balaban J connectivity index is 1.73. The van der Waals surface area contributed by atoms with Crippen LogP contribution in [0.2, 0.25) is 0 Å². The van der Waals surface area contributed by atoms with Gasteiger partial charge in [0.1, 0.15) is 17.0 Å². The molecule has 0 spiro atoms. The standard InChI is InChI=1S/C21H21N3O3/c1-14-9-11-17(12-10-14)22-18(25)13-24(3)21(26)19-15(2)27-23-20(19)16-7-5-4-6-8-16/h4-12H,13H2,1-3H3,(H,22,25). The summed E-state index contributed by atoms with van der Waals surface area (Å²) in [4.78, 5) is 26.5. The molecule has 0 aliphatic carbocycles. The van der Waals surface area contributed by atoms with Gasteiger partial charge in [0.25, 0.3) is 5.91 Å². The summed E-state index contributed by atoms with van der Waals surface area (Å²) in [6, 6.07) is 16.8. The zero-order chi connectivity index (χ0) is 19.4. The molecule has 1 heterocycles. The summed E-state index contributed by atoms with van der Waals surface area (Å²) >= 11 is 0. The maximum atomic E-state index is 12.9. The predicted octanol–water partition coefficient (Wildman–Crippen LogP) is 3.67. The first-order chi connectivity index (χ1) is 13.0. The molecule has 0 fully saturated rings. The number of nitrogens with zero attached hydrogens (tertiary/aromatic N) is 2. The number of carbonyl (C=O) groups excluding carboxylic acids is 2. The first kappa shape index (κ1) is 18.4. The number of amides is 2. The molecule has 0 saturated heterocycles. The molecule has 0 aliphatic rings. The fourth-order valence-corrected chi connectivity index (χ4v) is 2.73. The number of carbonyl (C=O) groups is 2. The molecule has 27 heavy (non-hydrogen) atoms. The topological polar surface area (TPSA) is 75.4 Å². The van der Waals surface area contributed by atoms with Crippen LogP contribution in [0.5, 0.6) is 0 Å². The van der Waals surface area contributed by atoms with Crippen LogP contribution in [0, 0.1) is 13.8 Å². The zero-order valence-electron chi connectivity index (χ0n) is 15.5. The second-order valence-electron chi connectivity index (χ2n) is 6.40. The van der Waals surface area contributed by atoms with Crippen LogP contribution in [0.3, 0.4) is 0 Å². The number of rotatable bonds is 5. The van der Waals surface area contributed by atoms with Gasteiger partial charge in [-0.15, -0.1) is 0 Å². The molecule has 0 unspecified atom stereocenters. The Labute approximate surface area is 157 Å². The second kappa shape index (κ2) is 7.86. The lowest BCUT2D eigenvalue weighted by molar-refractivity contribution is -0.116. The van der Waals surface area contributed by atoms with Crippen LogP contribution in [-0.4, -0.2) is 35.5 Å². The number of aryl methyl sites for hydroxylation is 2. The fraction of sp³-hybridized carbons (Fsp3) is 0.190. The van der Waals surface area contributed by atoms with E-state index in [2.05, 4.69) is 10.5 Å². The van der Waals surface area contributed by atoms with E-state index in [0.717, 1.165) is 11.1 Å². The Morgan fingerprint density at radius 2 is 1.70 bits per heavy atom. The highest BCUT2D eigenvalue weighted by Crippen LogP contribution is 2.26. The molecule has 1 aromatic heterocycles. The molecular formula is C21H21N3O3. The summed E-state index contributed by atoms with van der Waals surface area (Å²) in [6.45, 7) is 3.59. The van der Waals surface area contributed by atoms with Gasteiger partial charge >= 0.3 is 0 Å². The van der Waals surface area contributed by atoms with E-state index in [0.29, 0.717) is 22.7 Å². The summed E-state index contributed by atoms with van der Waals surface area (Å²) in [5.74, 6) is -0.165. The lowest BCUT2D eigenvalue weighted by Crippen LogP contribution is -2.35. The van der Waals surface area contributed by atoms with E-state index >= 15 is 0 Å². The monoisotopic (exact) mass is 363 g/mol. The minimum absolute atomic E-state index is 0.0778. The largest absolute Gasteiger partial charge is 0.360 e. The molecule has 3 aromatic rings. The number of aromatic nitrogens is 1. The van der Waals surface area contributed by atoms with Gasteiger partial charge in [-0.1, -0.05) is 53.2 Å². The van der Waals surface area contributed by atoms with Crippen LogP contribution in [0.15, 0.2) is 59.1 Å². The van der Waals surface area contributed by atoms with Gasteiger partial charge in [-0.05, 0) is 26.0 Å². The van der Waals surface area contributed by atoms with E-state index in [1.54, 1.807) is 14.0 Å². The normalized spacial score (nSPS) is 10.5. The molecule has 2 aromatic carbocycles. The first-order valence-corrected chi connectivity index (χ1v) is 8.59. The van der Waals surface area contributed by atoms with Crippen molar-refractivity contribution in [2.24, 2.45) is 0 Å². The van der Waals surface area contributed by atoms with Gasteiger partial charge in [-0.2, -0.15) is 0 Å². The molecule has 1 N–H and O–H groups in total. The smallest absolute Gasteiger partial charge is 0.259 e. The predicted molar refractivity (Wildman–Crippen MR) is 103 cm³/mol. The molecule has 6 nitrogen and oxygen atoms in total. The van der Waals surface area contributed by atoms with Crippen molar-refractivity contribution in [3.63, 3.8) is 0 Å². The third-order valence-corrected chi connectivity index (χ3v) is 4.19. The third kappa shape index (κ3) is 4.23. The van der Waals surface area contributed by atoms with Crippen LogP contribution in [0.4, 0.5) is 5.69 Å². The third-order valence-electron chi connectivity index (χ3n) is 4.19. The van der Waals surface area contributed by atoms with Crippen molar-refractivity contribution in [3.8, 4) is 11.3 Å². The van der Waals surface area contributed by atoms with E-state index < -0.39 is 0 Å². The molecule has 0 aliphatic heterocycles. The van der Waals surface area contributed by atoms with E-state index in [-0.39, 0.29) is 18.4 Å². The lowest BCUT2D eigenvalue weighted by atomic mass is 10.1. The Bertz CT molecular complexity index is 947. The van der Waals surface area contributed by atoms with Gasteiger partial charge in [0.05, 0.1) is 6.54 Å². The maximum Gasteiger partial charge on any atom is 0.259 e. The van der Waals surface area contributed by atoms with Crippen LogP contribution < -0.4 is 5.32 Å².